The summed E-state index contributed by atoms with van der Waals surface area (Å²) in [6.45, 7) is 0. The Labute approximate surface area is 154 Å². The molecular formula is C16H9F3N2O3SSe. The van der Waals surface area contributed by atoms with Gasteiger partial charge in [0.2, 0.25) is 0 Å². The SMILES string of the molecule is COc1cccc2c(=O)n(-c3nc4ccc(OC(F)(F)F)cc4s3)[se]c12. The van der Waals surface area contributed by atoms with Crippen molar-refractivity contribution in [2.24, 2.45) is 0 Å². The van der Waals surface area contributed by atoms with Gasteiger partial charge in [-0.15, -0.1) is 0 Å². The average Bonchev–Trinajstić information content (AvgIpc) is 3.14. The van der Waals surface area contributed by atoms with Gasteiger partial charge in [-0.3, -0.25) is 0 Å². The summed E-state index contributed by atoms with van der Waals surface area (Å²) in [5, 5.41) is 0.997. The van der Waals surface area contributed by atoms with E-state index in [-0.39, 0.29) is 26.0 Å². The van der Waals surface area contributed by atoms with Crippen molar-refractivity contribution in [2.45, 2.75) is 6.36 Å². The van der Waals surface area contributed by atoms with Crippen LogP contribution in [0.1, 0.15) is 0 Å². The summed E-state index contributed by atoms with van der Waals surface area (Å²) < 4.78 is 49.2. The van der Waals surface area contributed by atoms with E-state index in [0.717, 1.165) is 15.6 Å². The molecule has 0 bridgehead atoms. The molecule has 0 atom stereocenters. The third-order valence-corrected chi connectivity index (χ3v) is 7.18. The van der Waals surface area contributed by atoms with Gasteiger partial charge in [0.15, 0.2) is 0 Å². The van der Waals surface area contributed by atoms with E-state index in [0.29, 0.717) is 26.5 Å². The minimum absolute atomic E-state index is 0.190. The fraction of sp³-hybridized carbons (Fsp3) is 0.125. The monoisotopic (exact) mass is 446 g/mol. The number of ether oxygens (including phenoxy) is 2. The molecule has 2 aromatic carbocycles. The van der Waals surface area contributed by atoms with E-state index in [4.69, 9.17) is 4.74 Å². The van der Waals surface area contributed by atoms with Crippen LogP contribution in [0.15, 0.2) is 41.2 Å². The maximum atomic E-state index is 12.7. The molecule has 134 valence electrons. The van der Waals surface area contributed by atoms with Crippen LogP contribution in [0.4, 0.5) is 13.2 Å². The molecule has 0 aliphatic heterocycles. The van der Waals surface area contributed by atoms with E-state index in [2.05, 4.69) is 9.72 Å². The first-order valence-corrected chi connectivity index (χ1v) is 9.65. The van der Waals surface area contributed by atoms with Crippen LogP contribution in [0.5, 0.6) is 11.5 Å². The Morgan fingerprint density at radius 2 is 2.04 bits per heavy atom. The predicted molar refractivity (Wildman–Crippen MR) is 92.9 cm³/mol. The Kier molecular flexibility index (Phi) is 4.06. The van der Waals surface area contributed by atoms with Crippen LogP contribution >= 0.6 is 11.3 Å². The molecule has 0 fully saturated rings. The number of aromatic nitrogens is 2. The van der Waals surface area contributed by atoms with Crippen molar-refractivity contribution in [1.82, 2.24) is 8.55 Å². The van der Waals surface area contributed by atoms with Crippen molar-refractivity contribution < 1.29 is 22.6 Å². The fourth-order valence-electron chi connectivity index (χ4n) is 2.48. The second-order valence-corrected chi connectivity index (χ2v) is 8.22. The Hall–Kier alpha value is -2.29. The summed E-state index contributed by atoms with van der Waals surface area (Å²) >= 11 is 0.781. The van der Waals surface area contributed by atoms with Crippen molar-refractivity contribution in [3.63, 3.8) is 0 Å². The molecule has 0 radical (unpaired) electrons. The number of nitrogens with zero attached hydrogens (tertiary/aromatic N) is 2. The Morgan fingerprint density at radius 1 is 1.23 bits per heavy atom. The molecule has 2 aromatic heterocycles. The van der Waals surface area contributed by atoms with Crippen molar-refractivity contribution >= 4 is 45.9 Å². The fourth-order valence-corrected chi connectivity index (χ4v) is 5.86. The number of fused-ring (bicyclic) bond motifs is 2. The maximum absolute atomic E-state index is 12.7. The molecule has 5 nitrogen and oxygen atoms in total. The van der Waals surface area contributed by atoms with Gasteiger partial charge < -0.3 is 0 Å². The first kappa shape index (κ1) is 17.1. The van der Waals surface area contributed by atoms with Crippen LogP contribution in [-0.2, 0) is 0 Å². The second-order valence-electron chi connectivity index (χ2n) is 5.20. The quantitative estimate of drug-likeness (QED) is 0.453. The van der Waals surface area contributed by atoms with Gasteiger partial charge in [-0.25, -0.2) is 0 Å². The summed E-state index contributed by atoms with van der Waals surface area (Å²) in [6.07, 6.45) is -4.76. The standard InChI is InChI=1S/C16H9F3N2O3SSe/c1-23-11-4-2-3-9-13(11)26-21(14(9)22)15-20-10-6-5-8(7-12(10)25-15)24-16(17,18)19/h2-7H,1H3. The molecule has 0 saturated carbocycles. The first-order valence-electron chi connectivity index (χ1n) is 7.21. The Morgan fingerprint density at radius 3 is 2.77 bits per heavy atom. The van der Waals surface area contributed by atoms with E-state index in [1.807, 2.05) is 0 Å². The number of hydrogen-bond donors (Lipinski definition) is 0. The van der Waals surface area contributed by atoms with E-state index < -0.39 is 6.36 Å². The zero-order valence-corrected chi connectivity index (χ0v) is 15.6. The average molecular weight is 445 g/mol. The molecule has 0 unspecified atom stereocenters. The van der Waals surface area contributed by atoms with Gasteiger partial charge in [0.1, 0.15) is 0 Å². The van der Waals surface area contributed by atoms with Crippen LogP contribution in [0, 0.1) is 0 Å². The zero-order chi connectivity index (χ0) is 18.5. The molecule has 0 amide bonds. The first-order chi connectivity index (χ1) is 12.4. The van der Waals surface area contributed by atoms with E-state index >= 15 is 0 Å². The van der Waals surface area contributed by atoms with Gasteiger partial charge in [-0.1, -0.05) is 0 Å². The third kappa shape index (κ3) is 3.00. The van der Waals surface area contributed by atoms with E-state index in [1.54, 1.807) is 28.9 Å². The van der Waals surface area contributed by atoms with Gasteiger partial charge >= 0.3 is 154 Å². The number of methoxy groups -OCH3 is 1. The molecule has 26 heavy (non-hydrogen) atoms. The molecule has 2 heterocycles. The van der Waals surface area contributed by atoms with Crippen LogP contribution in [0.2, 0.25) is 0 Å². The van der Waals surface area contributed by atoms with Crippen LogP contribution in [0.25, 0.3) is 25.0 Å². The van der Waals surface area contributed by atoms with Crippen molar-refractivity contribution in [1.29, 1.82) is 0 Å². The van der Waals surface area contributed by atoms with Crippen molar-refractivity contribution in [3.05, 3.63) is 46.8 Å². The molecule has 0 saturated heterocycles. The normalized spacial score (nSPS) is 12.0. The van der Waals surface area contributed by atoms with Crippen LogP contribution in [-0.4, -0.2) is 36.8 Å². The van der Waals surface area contributed by atoms with E-state index in [9.17, 15) is 18.0 Å². The summed E-state index contributed by atoms with van der Waals surface area (Å²) in [5.74, 6) is 0.323. The Bertz CT molecular complexity index is 1180. The van der Waals surface area contributed by atoms with Crippen LogP contribution in [0.3, 0.4) is 0 Å². The zero-order valence-electron chi connectivity index (χ0n) is 13.0. The molecule has 10 heteroatoms. The minimum atomic E-state index is -4.76. The summed E-state index contributed by atoms with van der Waals surface area (Å²) in [5.41, 5.74) is 0.316. The van der Waals surface area contributed by atoms with Crippen LogP contribution < -0.4 is 15.0 Å². The summed E-state index contributed by atoms with van der Waals surface area (Å²) in [6, 6.07) is 9.17. The molecule has 0 spiro atoms. The number of halogens is 3. The topological polar surface area (TPSA) is 53.4 Å². The van der Waals surface area contributed by atoms with Gasteiger partial charge in [0.25, 0.3) is 0 Å². The predicted octanol–water partition coefficient (Wildman–Crippen LogP) is 3.56. The van der Waals surface area contributed by atoms with Gasteiger partial charge in [0.05, 0.1) is 0 Å². The molecular weight excluding hydrogens is 436 g/mol. The molecule has 4 aromatic rings. The molecule has 0 N–H and O–H groups in total. The number of thiazole rings is 1. The number of rotatable bonds is 3. The molecule has 4 rings (SSSR count). The van der Waals surface area contributed by atoms with E-state index in [1.165, 1.54) is 18.2 Å². The van der Waals surface area contributed by atoms with Crippen molar-refractivity contribution in [2.75, 3.05) is 7.11 Å². The molecule has 0 aliphatic carbocycles. The van der Waals surface area contributed by atoms with Crippen molar-refractivity contribution in [3.8, 4) is 16.6 Å². The summed E-state index contributed by atoms with van der Waals surface area (Å²) in [4.78, 5) is 17.1. The Balaban J connectivity index is 1.83. The van der Waals surface area contributed by atoms with Gasteiger partial charge in [-0.2, -0.15) is 0 Å². The molecule has 0 aliphatic rings. The third-order valence-electron chi connectivity index (χ3n) is 3.55. The number of hydrogen-bond acceptors (Lipinski definition) is 5. The number of alkyl halides is 3. The second kappa shape index (κ2) is 6.15. The number of benzene rings is 2. The van der Waals surface area contributed by atoms with Gasteiger partial charge in [-0.05, 0) is 0 Å². The van der Waals surface area contributed by atoms with Gasteiger partial charge in [0, 0.05) is 0 Å². The summed E-state index contributed by atoms with van der Waals surface area (Å²) in [7, 11) is 1.54.